The number of carbonyl (C=O) groups is 2. The van der Waals surface area contributed by atoms with Crippen molar-refractivity contribution < 1.29 is 14.3 Å². The number of hydrogen-bond acceptors (Lipinski definition) is 4. The molecule has 0 saturated heterocycles. The summed E-state index contributed by atoms with van der Waals surface area (Å²) < 4.78 is 4.69. The summed E-state index contributed by atoms with van der Waals surface area (Å²) in [5.74, 6) is -0.0388. The van der Waals surface area contributed by atoms with Crippen LogP contribution in [0, 0.1) is 29.6 Å². The molecule has 1 amide bonds. The van der Waals surface area contributed by atoms with Crippen LogP contribution in [0.15, 0.2) is 0 Å². The van der Waals surface area contributed by atoms with Gasteiger partial charge in [0.15, 0.2) is 6.04 Å². The van der Waals surface area contributed by atoms with E-state index >= 15 is 0 Å². The maximum Gasteiger partial charge on any atom is 0.331 e. The summed E-state index contributed by atoms with van der Waals surface area (Å²) in [7, 11) is 0. The quantitative estimate of drug-likeness (QED) is 0.513. The summed E-state index contributed by atoms with van der Waals surface area (Å²) in [6.07, 6.45) is 5.06. The number of hydrogen-bond donors (Lipinski definition) is 1. The van der Waals surface area contributed by atoms with Gasteiger partial charge in [0.25, 0.3) is 0 Å². The molecule has 80 valence electrons. The zero-order valence-corrected chi connectivity index (χ0v) is 8.61. The molecule has 15 heavy (non-hydrogen) atoms. The van der Waals surface area contributed by atoms with Crippen molar-refractivity contribution in [3.05, 3.63) is 0 Å². The highest BCUT2D eigenvalue weighted by molar-refractivity contribution is 5.84. The summed E-state index contributed by atoms with van der Waals surface area (Å²) in [6.45, 7) is 3.02. The molecule has 5 heteroatoms. The minimum Gasteiger partial charge on any atom is -0.464 e. The van der Waals surface area contributed by atoms with Crippen LogP contribution in [0.3, 0.4) is 0 Å². The third kappa shape index (κ3) is 4.15. The molecular formula is C10H12N2O3. The molecule has 1 N–H and O–H groups in total. The number of rotatable bonds is 4. The number of amides is 1. The topological polar surface area (TPSA) is 79.2 Å². The molecule has 0 heterocycles. The van der Waals surface area contributed by atoms with Crippen LogP contribution >= 0.6 is 0 Å². The SMILES string of the molecule is C#CC(C#N)[C@H](NC(C)=O)C(=O)OCC. The molecule has 0 radical (unpaired) electrons. The Morgan fingerprint density at radius 1 is 1.60 bits per heavy atom. The second-order valence-corrected chi connectivity index (χ2v) is 2.70. The van der Waals surface area contributed by atoms with E-state index in [0.29, 0.717) is 0 Å². The van der Waals surface area contributed by atoms with E-state index in [2.05, 4.69) is 16.0 Å². The van der Waals surface area contributed by atoms with Crippen LogP contribution in [0.25, 0.3) is 0 Å². The van der Waals surface area contributed by atoms with Crippen LogP contribution in [0.5, 0.6) is 0 Å². The zero-order chi connectivity index (χ0) is 11.8. The summed E-state index contributed by atoms with van der Waals surface area (Å²) >= 11 is 0. The van der Waals surface area contributed by atoms with Gasteiger partial charge in [0, 0.05) is 6.92 Å². The second-order valence-electron chi connectivity index (χ2n) is 2.70. The minimum atomic E-state index is -1.10. The van der Waals surface area contributed by atoms with E-state index in [9.17, 15) is 9.59 Å². The van der Waals surface area contributed by atoms with Crippen LogP contribution in [0.4, 0.5) is 0 Å². The van der Waals surface area contributed by atoms with Crippen LogP contribution in [-0.2, 0) is 14.3 Å². The van der Waals surface area contributed by atoms with Crippen molar-refractivity contribution in [1.82, 2.24) is 5.32 Å². The average molecular weight is 208 g/mol. The monoisotopic (exact) mass is 208 g/mol. The van der Waals surface area contributed by atoms with E-state index in [4.69, 9.17) is 11.7 Å². The van der Waals surface area contributed by atoms with Crippen molar-refractivity contribution in [3.63, 3.8) is 0 Å². The Bertz CT molecular complexity index is 311. The number of terminal acetylenes is 1. The van der Waals surface area contributed by atoms with Gasteiger partial charge in [-0.2, -0.15) is 5.26 Å². The first-order valence-electron chi connectivity index (χ1n) is 4.36. The van der Waals surface area contributed by atoms with Gasteiger partial charge >= 0.3 is 5.97 Å². The molecular weight excluding hydrogens is 196 g/mol. The van der Waals surface area contributed by atoms with Crippen molar-refractivity contribution in [1.29, 1.82) is 5.26 Å². The number of nitrogens with zero attached hydrogens (tertiary/aromatic N) is 1. The van der Waals surface area contributed by atoms with E-state index in [-0.39, 0.29) is 6.61 Å². The fraction of sp³-hybridized carbons (Fsp3) is 0.500. The Labute approximate surface area is 88.4 Å². The smallest absolute Gasteiger partial charge is 0.331 e. The lowest BCUT2D eigenvalue weighted by Gasteiger charge is -2.17. The van der Waals surface area contributed by atoms with E-state index in [1.807, 2.05) is 0 Å². The Balaban J connectivity index is 4.73. The van der Waals surface area contributed by atoms with Gasteiger partial charge in [-0.05, 0) is 6.92 Å². The van der Waals surface area contributed by atoms with Gasteiger partial charge in [-0.15, -0.1) is 6.42 Å². The van der Waals surface area contributed by atoms with Crippen molar-refractivity contribution in [2.24, 2.45) is 5.92 Å². The largest absolute Gasteiger partial charge is 0.464 e. The molecule has 0 aromatic rings. The molecule has 0 aliphatic carbocycles. The predicted octanol–water partition coefficient (Wildman–Crippen LogP) is -0.173. The molecule has 0 rings (SSSR count). The van der Waals surface area contributed by atoms with Crippen molar-refractivity contribution >= 4 is 11.9 Å². The Morgan fingerprint density at radius 2 is 2.20 bits per heavy atom. The van der Waals surface area contributed by atoms with Crippen molar-refractivity contribution in [2.45, 2.75) is 19.9 Å². The van der Waals surface area contributed by atoms with Crippen LogP contribution in [0.2, 0.25) is 0 Å². The van der Waals surface area contributed by atoms with Gasteiger partial charge in [0.1, 0.15) is 5.92 Å². The van der Waals surface area contributed by atoms with E-state index in [0.717, 1.165) is 0 Å². The summed E-state index contributed by atoms with van der Waals surface area (Å²) in [5.41, 5.74) is 0. The fourth-order valence-electron chi connectivity index (χ4n) is 0.937. The summed E-state index contributed by atoms with van der Waals surface area (Å²) in [5, 5.41) is 11.0. The van der Waals surface area contributed by atoms with Crippen molar-refractivity contribution in [2.75, 3.05) is 6.61 Å². The maximum absolute atomic E-state index is 11.4. The highest BCUT2D eigenvalue weighted by Crippen LogP contribution is 2.04. The molecule has 0 saturated carbocycles. The first-order chi connectivity index (χ1) is 7.06. The number of ether oxygens (including phenoxy) is 1. The number of esters is 1. The van der Waals surface area contributed by atoms with Gasteiger partial charge < -0.3 is 10.1 Å². The molecule has 0 aliphatic rings. The number of nitriles is 1. The van der Waals surface area contributed by atoms with Crippen LogP contribution in [-0.4, -0.2) is 24.5 Å². The lowest BCUT2D eigenvalue weighted by atomic mass is 10.0. The number of nitrogens with one attached hydrogen (secondary N) is 1. The van der Waals surface area contributed by atoms with Crippen LogP contribution < -0.4 is 5.32 Å². The molecule has 0 fully saturated rings. The molecule has 0 bridgehead atoms. The molecule has 0 spiro atoms. The fourth-order valence-corrected chi connectivity index (χ4v) is 0.937. The number of carbonyl (C=O) groups excluding carboxylic acids is 2. The molecule has 5 nitrogen and oxygen atoms in total. The lowest BCUT2D eigenvalue weighted by Crippen LogP contribution is -2.45. The Morgan fingerprint density at radius 3 is 2.53 bits per heavy atom. The average Bonchev–Trinajstić information content (AvgIpc) is 2.18. The van der Waals surface area contributed by atoms with Crippen LogP contribution in [0.1, 0.15) is 13.8 Å². The Kier molecular flexibility index (Phi) is 5.58. The molecule has 2 atom stereocenters. The van der Waals surface area contributed by atoms with Gasteiger partial charge in [-0.3, -0.25) is 4.79 Å². The molecule has 1 unspecified atom stereocenters. The normalized spacial score (nSPS) is 12.8. The van der Waals surface area contributed by atoms with Gasteiger partial charge in [0.2, 0.25) is 5.91 Å². The van der Waals surface area contributed by atoms with E-state index in [1.54, 1.807) is 13.0 Å². The minimum absolute atomic E-state index is 0.164. The van der Waals surface area contributed by atoms with Gasteiger partial charge in [0.05, 0.1) is 12.7 Å². The zero-order valence-electron chi connectivity index (χ0n) is 8.61. The lowest BCUT2D eigenvalue weighted by molar-refractivity contribution is -0.147. The predicted molar refractivity (Wildman–Crippen MR) is 52.2 cm³/mol. The molecule has 0 aliphatic heterocycles. The van der Waals surface area contributed by atoms with E-state index < -0.39 is 23.8 Å². The Hall–Kier alpha value is -2.01. The highest BCUT2D eigenvalue weighted by Gasteiger charge is 2.29. The first-order valence-corrected chi connectivity index (χ1v) is 4.36. The van der Waals surface area contributed by atoms with Gasteiger partial charge in [-0.25, -0.2) is 4.79 Å². The summed E-state index contributed by atoms with van der Waals surface area (Å²) in [6, 6.07) is 0.645. The summed E-state index contributed by atoms with van der Waals surface area (Å²) in [4.78, 5) is 22.2. The highest BCUT2D eigenvalue weighted by atomic mass is 16.5. The standard InChI is InChI=1S/C10H12N2O3/c1-4-8(6-11)9(12-7(3)13)10(14)15-5-2/h1,8-9H,5H2,2-3H3,(H,12,13)/t8?,9-/m0/s1. The van der Waals surface area contributed by atoms with Gasteiger partial charge in [-0.1, -0.05) is 5.92 Å². The second kappa shape index (κ2) is 6.44. The molecule has 0 aromatic heterocycles. The third-order valence-electron chi connectivity index (χ3n) is 1.55. The van der Waals surface area contributed by atoms with Crippen molar-refractivity contribution in [3.8, 4) is 18.4 Å². The third-order valence-corrected chi connectivity index (χ3v) is 1.55. The molecule has 0 aromatic carbocycles. The maximum atomic E-state index is 11.4. The van der Waals surface area contributed by atoms with E-state index in [1.165, 1.54) is 6.92 Å². The first kappa shape index (κ1) is 13.0.